The van der Waals surface area contributed by atoms with E-state index in [1.807, 2.05) is 6.07 Å². The first kappa shape index (κ1) is 14.2. The highest BCUT2D eigenvalue weighted by atomic mass is 35.5. The third-order valence-electron chi connectivity index (χ3n) is 2.68. The first-order chi connectivity index (χ1) is 10.0. The number of H-pyrrole nitrogens is 1. The second-order valence-corrected chi connectivity index (χ2v) is 6.06. The SMILES string of the molecule is Nc1nc2nc(CSc3ccc(Cl)c(Cl)c3)cc(=O)n2[nH]1. The lowest BCUT2D eigenvalue weighted by Crippen LogP contribution is -2.15. The zero-order valence-corrected chi connectivity index (χ0v) is 12.8. The van der Waals surface area contributed by atoms with Crippen LogP contribution in [0.15, 0.2) is 34.0 Å². The molecule has 2 aromatic heterocycles. The highest BCUT2D eigenvalue weighted by Gasteiger charge is 2.07. The summed E-state index contributed by atoms with van der Waals surface area (Å²) in [5, 5.41) is 3.61. The van der Waals surface area contributed by atoms with E-state index in [0.29, 0.717) is 21.5 Å². The van der Waals surface area contributed by atoms with Crippen LogP contribution in [0.3, 0.4) is 0 Å². The predicted octanol–water partition coefficient (Wildman–Crippen LogP) is 2.60. The molecule has 0 unspecified atom stereocenters. The van der Waals surface area contributed by atoms with E-state index in [-0.39, 0.29) is 17.3 Å². The third-order valence-corrected chi connectivity index (χ3v) is 4.45. The maximum absolute atomic E-state index is 11.9. The lowest BCUT2D eigenvalue weighted by molar-refractivity contribution is 0.891. The van der Waals surface area contributed by atoms with E-state index in [2.05, 4.69) is 15.1 Å². The van der Waals surface area contributed by atoms with E-state index in [4.69, 9.17) is 28.9 Å². The molecule has 3 aromatic rings. The number of halogens is 2. The van der Waals surface area contributed by atoms with E-state index in [9.17, 15) is 4.79 Å². The van der Waals surface area contributed by atoms with Crippen LogP contribution < -0.4 is 11.3 Å². The largest absolute Gasteiger partial charge is 0.368 e. The molecule has 9 heteroatoms. The Hall–Kier alpha value is -1.70. The van der Waals surface area contributed by atoms with Gasteiger partial charge in [0.05, 0.1) is 15.7 Å². The zero-order chi connectivity index (χ0) is 15.0. The first-order valence-corrected chi connectivity index (χ1v) is 7.59. The number of aromatic amines is 1. The number of nitrogens with two attached hydrogens (primary N) is 1. The zero-order valence-electron chi connectivity index (χ0n) is 10.5. The van der Waals surface area contributed by atoms with Crippen LogP contribution in [0.1, 0.15) is 5.69 Å². The quantitative estimate of drug-likeness (QED) is 0.714. The molecule has 1 aromatic carbocycles. The van der Waals surface area contributed by atoms with Crippen LogP contribution in [0.5, 0.6) is 0 Å². The number of thioether (sulfide) groups is 1. The number of nitrogens with zero attached hydrogens (tertiary/aromatic N) is 3. The molecule has 3 N–H and O–H groups in total. The molecule has 0 bridgehead atoms. The number of aromatic nitrogens is 4. The van der Waals surface area contributed by atoms with Gasteiger partial charge in [0.15, 0.2) is 0 Å². The molecule has 0 saturated heterocycles. The Balaban J connectivity index is 1.84. The van der Waals surface area contributed by atoms with Gasteiger partial charge in [-0.3, -0.25) is 9.89 Å². The van der Waals surface area contributed by atoms with Crippen LogP contribution in [-0.2, 0) is 5.75 Å². The van der Waals surface area contributed by atoms with E-state index >= 15 is 0 Å². The molecule has 0 radical (unpaired) electrons. The van der Waals surface area contributed by atoms with Crippen molar-refractivity contribution >= 4 is 46.7 Å². The molecule has 2 heterocycles. The summed E-state index contributed by atoms with van der Waals surface area (Å²) in [4.78, 5) is 21.0. The van der Waals surface area contributed by atoms with Gasteiger partial charge < -0.3 is 5.73 Å². The molecular weight excluding hydrogens is 333 g/mol. The Morgan fingerprint density at radius 3 is 2.81 bits per heavy atom. The molecule has 3 rings (SSSR count). The normalized spacial score (nSPS) is 11.1. The fourth-order valence-electron chi connectivity index (χ4n) is 1.74. The molecule has 0 aliphatic rings. The third kappa shape index (κ3) is 2.99. The van der Waals surface area contributed by atoms with Crippen LogP contribution in [0.4, 0.5) is 5.95 Å². The Morgan fingerprint density at radius 2 is 2.05 bits per heavy atom. The summed E-state index contributed by atoms with van der Waals surface area (Å²) in [5.41, 5.74) is 5.86. The van der Waals surface area contributed by atoms with Gasteiger partial charge in [-0.15, -0.1) is 11.8 Å². The van der Waals surface area contributed by atoms with Crippen LogP contribution in [0.25, 0.3) is 5.78 Å². The highest BCUT2D eigenvalue weighted by molar-refractivity contribution is 7.98. The van der Waals surface area contributed by atoms with Gasteiger partial charge in [0, 0.05) is 16.7 Å². The van der Waals surface area contributed by atoms with Gasteiger partial charge in [-0.25, -0.2) is 4.98 Å². The number of nitrogens with one attached hydrogen (secondary N) is 1. The van der Waals surface area contributed by atoms with Crippen molar-refractivity contribution in [2.24, 2.45) is 0 Å². The van der Waals surface area contributed by atoms with Crippen molar-refractivity contribution in [3.63, 3.8) is 0 Å². The number of hydrogen-bond donors (Lipinski definition) is 2. The van der Waals surface area contributed by atoms with Gasteiger partial charge in [0.1, 0.15) is 0 Å². The highest BCUT2D eigenvalue weighted by Crippen LogP contribution is 2.29. The van der Waals surface area contributed by atoms with Crippen molar-refractivity contribution < 1.29 is 0 Å². The fraction of sp³-hybridized carbons (Fsp3) is 0.0833. The molecule has 0 spiro atoms. The molecule has 6 nitrogen and oxygen atoms in total. The molecule has 0 aliphatic heterocycles. The van der Waals surface area contributed by atoms with Crippen molar-refractivity contribution in [1.82, 2.24) is 19.6 Å². The van der Waals surface area contributed by atoms with Crippen molar-refractivity contribution in [3.05, 3.63) is 50.4 Å². The van der Waals surface area contributed by atoms with E-state index in [0.717, 1.165) is 4.90 Å². The first-order valence-electron chi connectivity index (χ1n) is 5.85. The smallest absolute Gasteiger partial charge is 0.274 e. The molecule has 21 heavy (non-hydrogen) atoms. The van der Waals surface area contributed by atoms with Crippen molar-refractivity contribution in [2.75, 3.05) is 5.73 Å². The molecular formula is C12H9Cl2N5OS. The van der Waals surface area contributed by atoms with Crippen LogP contribution in [-0.4, -0.2) is 19.6 Å². The minimum Gasteiger partial charge on any atom is -0.368 e. The summed E-state index contributed by atoms with van der Waals surface area (Å²) >= 11 is 13.3. The summed E-state index contributed by atoms with van der Waals surface area (Å²) < 4.78 is 1.20. The van der Waals surface area contributed by atoms with Crippen LogP contribution in [0.2, 0.25) is 10.0 Å². The summed E-state index contributed by atoms with van der Waals surface area (Å²) in [5.74, 6) is 0.912. The van der Waals surface area contributed by atoms with E-state index in [1.54, 1.807) is 12.1 Å². The lowest BCUT2D eigenvalue weighted by atomic mass is 10.4. The van der Waals surface area contributed by atoms with Gasteiger partial charge in [-0.1, -0.05) is 23.2 Å². The minimum absolute atomic E-state index is 0.147. The summed E-state index contributed by atoms with van der Waals surface area (Å²) in [6.45, 7) is 0. The molecule has 0 fully saturated rings. The molecule has 0 aliphatic carbocycles. The Kier molecular flexibility index (Phi) is 3.79. The Morgan fingerprint density at radius 1 is 1.24 bits per heavy atom. The fourth-order valence-corrected chi connectivity index (χ4v) is 2.93. The number of rotatable bonds is 3. The van der Waals surface area contributed by atoms with Gasteiger partial charge in [0.2, 0.25) is 5.95 Å². The lowest BCUT2D eigenvalue weighted by Gasteiger charge is -2.03. The second kappa shape index (κ2) is 5.59. The predicted molar refractivity (Wildman–Crippen MR) is 84.0 cm³/mol. The Labute approximate surface area is 133 Å². The number of nitrogen functional groups attached to an aromatic ring is 1. The number of benzene rings is 1. The number of anilines is 1. The van der Waals surface area contributed by atoms with E-state index < -0.39 is 0 Å². The molecule has 0 atom stereocenters. The van der Waals surface area contributed by atoms with E-state index in [1.165, 1.54) is 22.3 Å². The van der Waals surface area contributed by atoms with Crippen molar-refractivity contribution in [3.8, 4) is 0 Å². The average Bonchev–Trinajstić information content (AvgIpc) is 2.81. The monoisotopic (exact) mass is 341 g/mol. The van der Waals surface area contributed by atoms with Crippen LogP contribution >= 0.6 is 35.0 Å². The van der Waals surface area contributed by atoms with Crippen LogP contribution in [0, 0.1) is 0 Å². The Bertz CT molecular complexity index is 876. The number of fused-ring (bicyclic) bond motifs is 1. The minimum atomic E-state index is -0.256. The summed E-state index contributed by atoms with van der Waals surface area (Å²) in [6, 6.07) is 6.80. The topological polar surface area (TPSA) is 89.1 Å². The van der Waals surface area contributed by atoms with Gasteiger partial charge in [-0.2, -0.15) is 9.50 Å². The maximum Gasteiger partial charge on any atom is 0.274 e. The second-order valence-electron chi connectivity index (χ2n) is 4.19. The summed E-state index contributed by atoms with van der Waals surface area (Å²) in [6.07, 6.45) is 0. The van der Waals surface area contributed by atoms with Gasteiger partial charge >= 0.3 is 0 Å². The standard InChI is InChI=1S/C12H9Cl2N5OS/c13-8-2-1-7(4-9(8)14)21-5-6-3-10(20)19-12(16-6)17-11(15)18-19/h1-4H,5H2,(H3,15,16,17,18). The van der Waals surface area contributed by atoms with Crippen molar-refractivity contribution in [1.29, 1.82) is 0 Å². The maximum atomic E-state index is 11.9. The molecule has 0 saturated carbocycles. The van der Waals surface area contributed by atoms with Crippen molar-refractivity contribution in [2.45, 2.75) is 10.6 Å². The molecule has 108 valence electrons. The van der Waals surface area contributed by atoms with Gasteiger partial charge in [-0.05, 0) is 18.2 Å². The summed E-state index contributed by atoms with van der Waals surface area (Å²) in [7, 11) is 0. The van der Waals surface area contributed by atoms with Gasteiger partial charge in [0.25, 0.3) is 11.3 Å². The molecule has 0 amide bonds. The number of hydrogen-bond acceptors (Lipinski definition) is 5. The average molecular weight is 342 g/mol.